The molecule has 186 valence electrons. The molecule has 2 aromatic carbocycles. The topological polar surface area (TPSA) is 36.4 Å². The van der Waals surface area contributed by atoms with Gasteiger partial charge in [-0.15, -0.1) is 24.8 Å². The number of hydrogen-bond acceptors (Lipinski definition) is 3. The first-order valence-electron chi connectivity index (χ1n) is 12.2. The van der Waals surface area contributed by atoms with E-state index in [2.05, 4.69) is 76.6 Å². The maximum atomic E-state index is 13.3. The summed E-state index contributed by atoms with van der Waals surface area (Å²) in [6.07, 6.45) is 7.72. The normalized spacial score (nSPS) is 17.3. The Hall–Kier alpha value is -2.40. The number of pyridine rings is 1. The van der Waals surface area contributed by atoms with Crippen LogP contribution in [-0.4, -0.2) is 46.9 Å². The van der Waals surface area contributed by atoms with Crippen LogP contribution in [0.4, 0.5) is 0 Å². The Morgan fingerprint density at radius 3 is 1.97 bits per heavy atom. The molecule has 6 heteroatoms. The van der Waals surface area contributed by atoms with Gasteiger partial charge in [0.1, 0.15) is 0 Å². The van der Waals surface area contributed by atoms with Gasteiger partial charge in [-0.25, -0.2) is 0 Å². The molecule has 2 fully saturated rings. The molecule has 0 bridgehead atoms. The fourth-order valence-electron chi connectivity index (χ4n) is 5.63. The molecule has 2 aliphatic heterocycles. The minimum absolute atomic E-state index is 0. The van der Waals surface area contributed by atoms with Crippen molar-refractivity contribution in [3.8, 4) is 0 Å². The number of piperidine rings is 1. The highest BCUT2D eigenvalue weighted by Crippen LogP contribution is 2.42. The van der Waals surface area contributed by atoms with Crippen molar-refractivity contribution in [2.45, 2.75) is 38.1 Å². The fraction of sp³-hybridized carbons (Fsp3) is 0.379. The van der Waals surface area contributed by atoms with Gasteiger partial charge < -0.3 is 9.80 Å². The van der Waals surface area contributed by atoms with Crippen molar-refractivity contribution in [1.29, 1.82) is 0 Å². The molecule has 5 rings (SSSR count). The molecule has 0 saturated carbocycles. The third-order valence-corrected chi connectivity index (χ3v) is 7.65. The summed E-state index contributed by atoms with van der Waals surface area (Å²) in [6, 6.07) is 25.7. The number of aromatic nitrogens is 1. The molecule has 2 saturated heterocycles. The molecule has 1 spiro atoms. The number of rotatable bonds is 7. The minimum Gasteiger partial charge on any atom is -0.338 e. The Morgan fingerprint density at radius 2 is 1.40 bits per heavy atom. The van der Waals surface area contributed by atoms with Crippen LogP contribution >= 0.6 is 24.8 Å². The van der Waals surface area contributed by atoms with Crippen LogP contribution in [0.3, 0.4) is 0 Å². The first-order valence-corrected chi connectivity index (χ1v) is 12.2. The molecule has 0 aliphatic carbocycles. The molecule has 3 aromatic rings. The van der Waals surface area contributed by atoms with Gasteiger partial charge in [-0.05, 0) is 68.1 Å². The van der Waals surface area contributed by atoms with Gasteiger partial charge in [0, 0.05) is 31.4 Å². The van der Waals surface area contributed by atoms with E-state index in [0.717, 1.165) is 57.4 Å². The van der Waals surface area contributed by atoms with Crippen LogP contribution in [0.1, 0.15) is 48.3 Å². The van der Waals surface area contributed by atoms with Crippen molar-refractivity contribution >= 4 is 30.7 Å². The van der Waals surface area contributed by atoms with Crippen LogP contribution in [0.25, 0.3) is 0 Å². The first-order chi connectivity index (χ1) is 16.2. The summed E-state index contributed by atoms with van der Waals surface area (Å²) in [5.74, 6) is 0.767. The van der Waals surface area contributed by atoms with E-state index in [9.17, 15) is 4.79 Å². The van der Waals surface area contributed by atoms with Crippen molar-refractivity contribution in [2.24, 2.45) is 5.41 Å². The van der Waals surface area contributed by atoms with Gasteiger partial charge in [0.15, 0.2) is 0 Å². The summed E-state index contributed by atoms with van der Waals surface area (Å²) in [6.45, 7) is 4.66. The van der Waals surface area contributed by atoms with E-state index >= 15 is 0 Å². The number of amides is 1. The Morgan fingerprint density at radius 1 is 0.800 bits per heavy atom. The molecule has 0 N–H and O–H groups in total. The lowest BCUT2D eigenvalue weighted by Gasteiger charge is -2.38. The number of likely N-dealkylation sites (tertiary alicyclic amines) is 2. The molecule has 2 aliphatic rings. The van der Waals surface area contributed by atoms with Crippen LogP contribution in [0, 0.1) is 5.41 Å². The highest BCUT2D eigenvalue weighted by atomic mass is 35.5. The van der Waals surface area contributed by atoms with Crippen molar-refractivity contribution in [1.82, 2.24) is 14.8 Å². The van der Waals surface area contributed by atoms with E-state index in [1.54, 1.807) is 6.20 Å². The quantitative estimate of drug-likeness (QED) is 0.392. The molecule has 4 nitrogen and oxygen atoms in total. The van der Waals surface area contributed by atoms with Gasteiger partial charge in [-0.3, -0.25) is 9.78 Å². The first kappa shape index (κ1) is 27.2. The van der Waals surface area contributed by atoms with Crippen molar-refractivity contribution in [2.75, 3.05) is 26.2 Å². The molecular formula is C29H35Cl2N3O. The standard InChI is InChI=1S/C29H33N3O.2ClH/c33-28-29(16-21-32(28)23-24-8-7-17-30-22-24)14-19-31(20-15-29)18-13-27(25-9-3-1-4-10-25)26-11-5-2-6-12-26;;/h1-12,17,22,27H,13-16,18-21,23H2;2*1H. The average molecular weight is 513 g/mol. The van der Waals surface area contributed by atoms with Crippen LogP contribution in [0.2, 0.25) is 0 Å². The van der Waals surface area contributed by atoms with Crippen molar-refractivity contribution in [3.63, 3.8) is 0 Å². The Labute approximate surface area is 221 Å². The second kappa shape index (κ2) is 12.5. The molecule has 1 amide bonds. The Kier molecular flexibility index (Phi) is 9.73. The zero-order valence-electron chi connectivity index (χ0n) is 20.1. The molecule has 3 heterocycles. The van der Waals surface area contributed by atoms with E-state index in [-0.39, 0.29) is 30.2 Å². The number of halogens is 2. The highest BCUT2D eigenvalue weighted by molar-refractivity contribution is 5.86. The van der Waals surface area contributed by atoms with E-state index in [1.165, 1.54) is 11.1 Å². The third-order valence-electron chi connectivity index (χ3n) is 7.65. The SMILES string of the molecule is Cl.Cl.O=C1N(Cc2cccnc2)CCC12CCN(CCC(c1ccccc1)c1ccccc1)CC2. The van der Waals surface area contributed by atoms with Crippen molar-refractivity contribution < 1.29 is 4.79 Å². The lowest BCUT2D eigenvalue weighted by molar-refractivity contribution is -0.138. The van der Waals surface area contributed by atoms with Gasteiger partial charge in [-0.2, -0.15) is 0 Å². The molecule has 0 unspecified atom stereocenters. The largest absolute Gasteiger partial charge is 0.338 e. The number of benzene rings is 2. The van der Waals surface area contributed by atoms with Crippen LogP contribution in [0.5, 0.6) is 0 Å². The van der Waals surface area contributed by atoms with E-state index in [0.29, 0.717) is 18.4 Å². The third kappa shape index (κ3) is 6.24. The molecule has 1 aromatic heterocycles. The van der Waals surface area contributed by atoms with Gasteiger partial charge >= 0.3 is 0 Å². The predicted molar refractivity (Wildman–Crippen MR) is 146 cm³/mol. The van der Waals surface area contributed by atoms with Gasteiger partial charge in [0.2, 0.25) is 5.91 Å². The predicted octanol–water partition coefficient (Wildman–Crippen LogP) is 5.96. The maximum Gasteiger partial charge on any atom is 0.229 e. The molecule has 0 atom stereocenters. The fourth-order valence-corrected chi connectivity index (χ4v) is 5.63. The van der Waals surface area contributed by atoms with Crippen LogP contribution in [0.15, 0.2) is 85.2 Å². The van der Waals surface area contributed by atoms with Gasteiger partial charge in [-0.1, -0.05) is 66.7 Å². The van der Waals surface area contributed by atoms with E-state index < -0.39 is 0 Å². The van der Waals surface area contributed by atoms with E-state index in [1.807, 2.05) is 17.2 Å². The number of hydrogen-bond donors (Lipinski definition) is 0. The smallest absolute Gasteiger partial charge is 0.229 e. The van der Waals surface area contributed by atoms with Gasteiger partial charge in [0.05, 0.1) is 5.41 Å². The lowest BCUT2D eigenvalue weighted by Crippen LogP contribution is -2.45. The molecule has 35 heavy (non-hydrogen) atoms. The summed E-state index contributed by atoms with van der Waals surface area (Å²) in [4.78, 5) is 22.1. The minimum atomic E-state index is -0.142. The highest BCUT2D eigenvalue weighted by Gasteiger charge is 2.47. The maximum absolute atomic E-state index is 13.3. The number of carbonyl (C=O) groups is 1. The average Bonchev–Trinajstić information content (AvgIpc) is 3.17. The molecule has 0 radical (unpaired) electrons. The van der Waals surface area contributed by atoms with Crippen molar-refractivity contribution in [3.05, 3.63) is 102 Å². The summed E-state index contributed by atoms with van der Waals surface area (Å²) >= 11 is 0. The number of nitrogens with zero attached hydrogens (tertiary/aromatic N) is 3. The summed E-state index contributed by atoms with van der Waals surface area (Å²) in [5.41, 5.74) is 3.74. The monoisotopic (exact) mass is 511 g/mol. The number of carbonyl (C=O) groups excluding carboxylic acids is 1. The van der Waals surface area contributed by atoms with Crippen LogP contribution in [-0.2, 0) is 11.3 Å². The van der Waals surface area contributed by atoms with Crippen LogP contribution < -0.4 is 0 Å². The van der Waals surface area contributed by atoms with Gasteiger partial charge in [0.25, 0.3) is 0 Å². The zero-order chi connectivity index (χ0) is 22.5. The Bertz CT molecular complexity index is 1000. The summed E-state index contributed by atoms with van der Waals surface area (Å²) in [7, 11) is 0. The summed E-state index contributed by atoms with van der Waals surface area (Å²) in [5, 5.41) is 0. The second-order valence-electron chi connectivity index (χ2n) is 9.62. The lowest BCUT2D eigenvalue weighted by atomic mass is 9.77. The summed E-state index contributed by atoms with van der Waals surface area (Å²) < 4.78 is 0. The second-order valence-corrected chi connectivity index (χ2v) is 9.62. The zero-order valence-corrected chi connectivity index (χ0v) is 21.7. The Balaban J connectivity index is 0.00000171. The van der Waals surface area contributed by atoms with E-state index in [4.69, 9.17) is 0 Å². The molecular weight excluding hydrogens is 477 g/mol.